The van der Waals surface area contributed by atoms with Gasteiger partial charge in [0.25, 0.3) is 0 Å². The molecular weight excluding hydrogens is 370 g/mol. The van der Waals surface area contributed by atoms with Crippen LogP contribution < -0.4 is 5.43 Å². The fourth-order valence-corrected chi connectivity index (χ4v) is 3.53. The van der Waals surface area contributed by atoms with Crippen molar-refractivity contribution in [1.29, 1.82) is 0 Å². The third kappa shape index (κ3) is 3.16. The quantitative estimate of drug-likeness (QED) is 0.712. The van der Waals surface area contributed by atoms with Gasteiger partial charge in [0, 0.05) is 19.6 Å². The predicted octanol–water partition coefficient (Wildman–Crippen LogP) is 2.02. The maximum absolute atomic E-state index is 14.2. The molecule has 3 aromatic rings. The minimum absolute atomic E-state index is 0.208. The highest BCUT2D eigenvalue weighted by Crippen LogP contribution is 2.31. The van der Waals surface area contributed by atoms with E-state index in [0.717, 1.165) is 25.2 Å². The number of hydrogen-bond donors (Lipinski definition) is 2. The van der Waals surface area contributed by atoms with Crippen LogP contribution in [0.2, 0.25) is 0 Å². The van der Waals surface area contributed by atoms with E-state index in [2.05, 4.69) is 15.0 Å². The zero-order chi connectivity index (χ0) is 19.8. The average Bonchev–Trinajstić information content (AvgIpc) is 3.00. The Labute approximate surface area is 159 Å². The number of aromatic hydroxyl groups is 1. The number of rotatable bonds is 4. The first-order valence-corrected chi connectivity index (χ1v) is 9.04. The lowest BCUT2D eigenvalue weighted by Crippen LogP contribution is -2.38. The number of H-pyrrole nitrogens is 1. The average molecular weight is 390 g/mol. The van der Waals surface area contributed by atoms with E-state index in [4.69, 9.17) is 4.74 Å². The summed E-state index contributed by atoms with van der Waals surface area (Å²) < 4.78 is 35.4. The first-order valence-electron chi connectivity index (χ1n) is 9.04. The monoisotopic (exact) mass is 390 g/mol. The molecule has 2 aromatic heterocycles. The van der Waals surface area contributed by atoms with Crippen LogP contribution in [0, 0.1) is 18.6 Å². The Morgan fingerprint density at radius 3 is 2.57 bits per heavy atom. The van der Waals surface area contributed by atoms with Crippen molar-refractivity contribution in [2.75, 3.05) is 32.8 Å². The second kappa shape index (κ2) is 7.33. The fraction of sp³-hybridized carbons (Fsp3) is 0.368. The van der Waals surface area contributed by atoms with Gasteiger partial charge in [0.05, 0.1) is 42.1 Å². The van der Waals surface area contributed by atoms with Gasteiger partial charge >= 0.3 is 0 Å². The van der Waals surface area contributed by atoms with Gasteiger partial charge in [0.1, 0.15) is 17.3 Å². The number of fused-ring (bicyclic) bond motifs is 1. The van der Waals surface area contributed by atoms with Crippen LogP contribution in [0.1, 0.15) is 5.69 Å². The molecule has 148 valence electrons. The summed E-state index contributed by atoms with van der Waals surface area (Å²) >= 11 is 0. The first-order chi connectivity index (χ1) is 13.5. The largest absolute Gasteiger partial charge is 0.503 e. The van der Waals surface area contributed by atoms with Crippen LogP contribution in [0.25, 0.3) is 22.3 Å². The van der Waals surface area contributed by atoms with E-state index in [0.29, 0.717) is 37.6 Å². The molecule has 2 N–H and O–H groups in total. The van der Waals surface area contributed by atoms with Crippen molar-refractivity contribution in [2.24, 2.45) is 0 Å². The summed E-state index contributed by atoms with van der Waals surface area (Å²) in [5.74, 6) is -2.48. The minimum atomic E-state index is -0.874. The predicted molar refractivity (Wildman–Crippen MR) is 99.4 cm³/mol. The number of aromatic amines is 1. The summed E-state index contributed by atoms with van der Waals surface area (Å²) in [6.45, 7) is 5.77. The van der Waals surface area contributed by atoms with E-state index in [1.54, 1.807) is 11.6 Å². The summed E-state index contributed by atoms with van der Waals surface area (Å²) in [6.07, 6.45) is 0. The van der Waals surface area contributed by atoms with E-state index < -0.39 is 28.4 Å². The van der Waals surface area contributed by atoms with Crippen LogP contribution in [0.4, 0.5) is 8.78 Å². The Morgan fingerprint density at radius 2 is 1.89 bits per heavy atom. The van der Waals surface area contributed by atoms with E-state index >= 15 is 0 Å². The van der Waals surface area contributed by atoms with Gasteiger partial charge < -0.3 is 14.8 Å². The van der Waals surface area contributed by atoms with Crippen LogP contribution in [0.15, 0.2) is 23.0 Å². The van der Waals surface area contributed by atoms with Crippen molar-refractivity contribution < 1.29 is 18.6 Å². The molecule has 1 aliphatic heterocycles. The molecule has 0 aliphatic carbocycles. The Morgan fingerprint density at radius 1 is 1.21 bits per heavy atom. The highest BCUT2D eigenvalue weighted by molar-refractivity contribution is 5.84. The van der Waals surface area contributed by atoms with Gasteiger partial charge in [-0.3, -0.25) is 9.69 Å². The van der Waals surface area contributed by atoms with Crippen LogP contribution in [-0.4, -0.2) is 57.6 Å². The van der Waals surface area contributed by atoms with E-state index in [1.165, 1.54) is 6.07 Å². The number of hydrogen-bond acceptors (Lipinski definition) is 5. The smallest absolute Gasteiger partial charge is 0.235 e. The Hall–Kier alpha value is -2.78. The molecule has 1 aliphatic rings. The molecule has 0 unspecified atom stereocenters. The zero-order valence-corrected chi connectivity index (χ0v) is 15.3. The Balaban J connectivity index is 1.80. The lowest BCUT2D eigenvalue weighted by molar-refractivity contribution is 0.0361. The SMILES string of the molecule is Cc1nn(CCN2CCOCC2)c2[nH]c(-c3c(F)cccc3F)c(O)c(=O)c12. The lowest BCUT2D eigenvalue weighted by atomic mass is 10.1. The molecule has 1 fully saturated rings. The van der Waals surface area contributed by atoms with Gasteiger partial charge in [0.2, 0.25) is 5.43 Å². The summed E-state index contributed by atoms with van der Waals surface area (Å²) in [7, 11) is 0. The summed E-state index contributed by atoms with van der Waals surface area (Å²) in [5.41, 5.74) is -0.708. The standard InChI is InChI=1S/C19H20F2N4O3/c1-11-14-17(26)18(27)16(15-12(20)3-2-4-13(15)21)22-19(14)25(23-11)6-5-24-7-9-28-10-8-24/h2-4,27H,5-10H2,1H3,(H,22,26). The minimum Gasteiger partial charge on any atom is -0.503 e. The van der Waals surface area contributed by atoms with Gasteiger partial charge in [-0.1, -0.05) is 6.07 Å². The van der Waals surface area contributed by atoms with Crippen molar-refractivity contribution >= 4 is 11.0 Å². The van der Waals surface area contributed by atoms with Crippen molar-refractivity contribution in [1.82, 2.24) is 19.7 Å². The summed E-state index contributed by atoms with van der Waals surface area (Å²) in [4.78, 5) is 17.7. The van der Waals surface area contributed by atoms with Crippen LogP contribution >= 0.6 is 0 Å². The number of ether oxygens (including phenoxy) is 1. The third-order valence-corrected chi connectivity index (χ3v) is 4.99. The topological polar surface area (TPSA) is 83.4 Å². The number of aryl methyl sites for hydroxylation is 1. The molecule has 9 heteroatoms. The zero-order valence-electron chi connectivity index (χ0n) is 15.3. The Bertz CT molecular complexity index is 1070. The third-order valence-electron chi connectivity index (χ3n) is 4.99. The number of nitrogens with zero attached hydrogens (tertiary/aromatic N) is 3. The lowest BCUT2D eigenvalue weighted by Gasteiger charge is -2.26. The maximum atomic E-state index is 14.2. The van der Waals surface area contributed by atoms with Gasteiger partial charge in [-0.15, -0.1) is 0 Å². The van der Waals surface area contributed by atoms with Gasteiger partial charge in [-0.2, -0.15) is 5.10 Å². The van der Waals surface area contributed by atoms with Gasteiger partial charge in [0.15, 0.2) is 5.75 Å². The van der Waals surface area contributed by atoms with Crippen molar-refractivity contribution in [2.45, 2.75) is 13.5 Å². The molecule has 1 saturated heterocycles. The number of halogens is 2. The molecule has 3 heterocycles. The molecule has 7 nitrogen and oxygen atoms in total. The van der Waals surface area contributed by atoms with E-state index in [9.17, 15) is 18.7 Å². The molecule has 28 heavy (non-hydrogen) atoms. The molecule has 0 bridgehead atoms. The van der Waals surface area contributed by atoms with Crippen LogP contribution in [-0.2, 0) is 11.3 Å². The maximum Gasteiger partial charge on any atom is 0.235 e. The van der Waals surface area contributed by atoms with Crippen LogP contribution in [0.5, 0.6) is 5.75 Å². The molecule has 0 spiro atoms. The number of morpholine rings is 1. The number of aromatic nitrogens is 3. The van der Waals surface area contributed by atoms with E-state index in [1.807, 2.05) is 0 Å². The summed E-state index contributed by atoms with van der Waals surface area (Å²) in [6, 6.07) is 3.36. The molecule has 0 atom stereocenters. The second-order valence-electron chi connectivity index (χ2n) is 6.76. The van der Waals surface area contributed by atoms with Crippen LogP contribution in [0.3, 0.4) is 0 Å². The van der Waals surface area contributed by atoms with Gasteiger partial charge in [-0.05, 0) is 19.1 Å². The van der Waals surface area contributed by atoms with Crippen molar-refractivity contribution in [3.05, 3.63) is 45.8 Å². The van der Waals surface area contributed by atoms with E-state index in [-0.39, 0.29) is 11.1 Å². The molecule has 0 radical (unpaired) electrons. The molecule has 1 aromatic carbocycles. The normalized spacial score (nSPS) is 15.4. The highest BCUT2D eigenvalue weighted by Gasteiger charge is 2.23. The molecule has 0 amide bonds. The summed E-state index contributed by atoms with van der Waals surface area (Å²) in [5, 5.41) is 14.9. The van der Waals surface area contributed by atoms with Crippen molar-refractivity contribution in [3.8, 4) is 17.0 Å². The fourth-order valence-electron chi connectivity index (χ4n) is 3.53. The number of benzene rings is 1. The number of nitrogens with one attached hydrogen (secondary N) is 1. The van der Waals surface area contributed by atoms with Crippen molar-refractivity contribution in [3.63, 3.8) is 0 Å². The first kappa shape index (κ1) is 18.6. The van der Waals surface area contributed by atoms with Gasteiger partial charge in [-0.25, -0.2) is 13.5 Å². The Kier molecular flexibility index (Phi) is 4.86. The molecular formula is C19H20F2N4O3. The molecule has 4 rings (SSSR count). The number of pyridine rings is 1. The highest BCUT2D eigenvalue weighted by atomic mass is 19.1. The second-order valence-corrected chi connectivity index (χ2v) is 6.76. The molecule has 0 saturated carbocycles.